The van der Waals surface area contributed by atoms with Crippen LogP contribution in [0.1, 0.15) is 20.3 Å². The zero-order valence-electron chi connectivity index (χ0n) is 5.68. The summed E-state index contributed by atoms with van der Waals surface area (Å²) >= 11 is 0. The van der Waals surface area contributed by atoms with Gasteiger partial charge in [-0.15, -0.1) is 0 Å². The average Bonchev–Trinajstić information content (AvgIpc) is 1.83. The molecule has 0 radical (unpaired) electrons. The van der Waals surface area contributed by atoms with E-state index in [0.29, 0.717) is 6.61 Å². The Kier molecular flexibility index (Phi) is 5.01. The number of nitrogens with two attached hydrogens (primary N) is 1. The van der Waals surface area contributed by atoms with Crippen LogP contribution >= 0.6 is 0 Å². The third kappa shape index (κ3) is 4.09. The molecule has 0 fully saturated rings. The molecule has 1 atom stereocenters. The molecule has 0 aromatic carbocycles. The minimum atomic E-state index is 0.231. The van der Waals surface area contributed by atoms with Crippen LogP contribution < -0.4 is 5.73 Å². The van der Waals surface area contributed by atoms with Crippen molar-refractivity contribution in [2.75, 3.05) is 13.2 Å². The summed E-state index contributed by atoms with van der Waals surface area (Å²) in [6, 6.07) is 0.231. The van der Waals surface area contributed by atoms with Crippen LogP contribution in [0.4, 0.5) is 0 Å². The van der Waals surface area contributed by atoms with Crippen LogP contribution in [0.2, 0.25) is 0 Å². The molecule has 0 unspecified atom stereocenters. The molecule has 0 saturated carbocycles. The molecule has 0 aromatic heterocycles. The maximum Gasteiger partial charge on any atom is 0.0617 e. The van der Waals surface area contributed by atoms with Crippen LogP contribution in [-0.4, -0.2) is 19.3 Å². The van der Waals surface area contributed by atoms with Crippen molar-refractivity contribution in [1.82, 2.24) is 0 Å². The normalized spacial score (nSPS) is 13.9. The van der Waals surface area contributed by atoms with E-state index in [1.54, 1.807) is 0 Å². The topological polar surface area (TPSA) is 35.2 Å². The van der Waals surface area contributed by atoms with Crippen LogP contribution in [0.15, 0.2) is 0 Å². The second-order valence-corrected chi connectivity index (χ2v) is 1.83. The third-order valence-electron chi connectivity index (χ3n) is 1.06. The molecule has 50 valence electrons. The molecule has 0 saturated heterocycles. The molecular weight excluding hydrogens is 102 g/mol. The van der Waals surface area contributed by atoms with E-state index < -0.39 is 0 Å². The van der Waals surface area contributed by atoms with Crippen LogP contribution in [0.25, 0.3) is 0 Å². The van der Waals surface area contributed by atoms with Crippen molar-refractivity contribution in [3.63, 3.8) is 0 Å². The van der Waals surface area contributed by atoms with Gasteiger partial charge in [-0.05, 0) is 13.3 Å². The minimum absolute atomic E-state index is 0.231. The molecule has 2 heteroatoms. The van der Waals surface area contributed by atoms with E-state index >= 15 is 0 Å². The summed E-state index contributed by atoms with van der Waals surface area (Å²) in [5.41, 5.74) is 5.53. The molecular formula is C6H15NO. The maximum absolute atomic E-state index is 5.53. The van der Waals surface area contributed by atoms with Gasteiger partial charge in [0.05, 0.1) is 6.61 Å². The molecule has 0 aliphatic heterocycles. The van der Waals surface area contributed by atoms with Crippen LogP contribution in [-0.2, 0) is 4.74 Å². The van der Waals surface area contributed by atoms with Gasteiger partial charge >= 0.3 is 0 Å². The van der Waals surface area contributed by atoms with Gasteiger partial charge in [-0.25, -0.2) is 0 Å². The molecule has 0 rings (SSSR count). The highest BCUT2D eigenvalue weighted by Gasteiger charge is 1.94. The Morgan fingerprint density at radius 3 is 2.50 bits per heavy atom. The highest BCUT2D eigenvalue weighted by atomic mass is 16.5. The van der Waals surface area contributed by atoms with E-state index in [0.717, 1.165) is 13.0 Å². The lowest BCUT2D eigenvalue weighted by Gasteiger charge is -2.06. The molecule has 0 heterocycles. The Morgan fingerprint density at radius 2 is 2.12 bits per heavy atom. The van der Waals surface area contributed by atoms with Gasteiger partial charge in [0.25, 0.3) is 0 Å². The van der Waals surface area contributed by atoms with E-state index in [-0.39, 0.29) is 6.04 Å². The van der Waals surface area contributed by atoms with Crippen molar-refractivity contribution in [3.8, 4) is 0 Å². The van der Waals surface area contributed by atoms with Gasteiger partial charge in [0.15, 0.2) is 0 Å². The van der Waals surface area contributed by atoms with Gasteiger partial charge in [-0.3, -0.25) is 0 Å². The summed E-state index contributed by atoms with van der Waals surface area (Å²) in [6.07, 6.45) is 1.00. The second-order valence-electron chi connectivity index (χ2n) is 1.83. The standard InChI is InChI=1S/C6H15NO/c1-3-6(7)5-8-4-2/h6H,3-5,7H2,1-2H3/t6-/m0/s1. The predicted octanol–water partition coefficient (Wildman–Crippen LogP) is 0.760. The lowest BCUT2D eigenvalue weighted by Crippen LogP contribution is -2.24. The lowest BCUT2D eigenvalue weighted by atomic mass is 10.3. The first-order valence-corrected chi connectivity index (χ1v) is 3.14. The van der Waals surface area contributed by atoms with E-state index in [9.17, 15) is 0 Å². The van der Waals surface area contributed by atoms with E-state index in [4.69, 9.17) is 10.5 Å². The zero-order valence-corrected chi connectivity index (χ0v) is 5.68. The van der Waals surface area contributed by atoms with E-state index in [1.165, 1.54) is 0 Å². The fraction of sp³-hybridized carbons (Fsp3) is 1.00. The van der Waals surface area contributed by atoms with Gasteiger partial charge in [0.2, 0.25) is 0 Å². The Hall–Kier alpha value is -0.0800. The molecule has 0 aliphatic carbocycles. The number of ether oxygens (including phenoxy) is 1. The van der Waals surface area contributed by atoms with Gasteiger partial charge in [-0.1, -0.05) is 6.92 Å². The Morgan fingerprint density at radius 1 is 1.50 bits per heavy atom. The Balaban J connectivity index is 2.86. The number of hydrogen-bond acceptors (Lipinski definition) is 2. The number of rotatable bonds is 4. The highest BCUT2D eigenvalue weighted by Crippen LogP contribution is 1.85. The monoisotopic (exact) mass is 117 g/mol. The fourth-order valence-electron chi connectivity index (χ4n) is 0.387. The summed E-state index contributed by atoms with van der Waals surface area (Å²) in [6.45, 7) is 5.51. The predicted molar refractivity (Wildman–Crippen MR) is 34.8 cm³/mol. The van der Waals surface area contributed by atoms with Gasteiger partial charge in [-0.2, -0.15) is 0 Å². The van der Waals surface area contributed by atoms with Gasteiger partial charge in [0, 0.05) is 12.6 Å². The van der Waals surface area contributed by atoms with E-state index in [1.807, 2.05) is 6.92 Å². The van der Waals surface area contributed by atoms with Crippen LogP contribution in [0, 0.1) is 0 Å². The molecule has 0 bridgehead atoms. The van der Waals surface area contributed by atoms with Crippen molar-refractivity contribution in [1.29, 1.82) is 0 Å². The van der Waals surface area contributed by atoms with Crippen molar-refractivity contribution in [2.24, 2.45) is 5.73 Å². The first-order chi connectivity index (χ1) is 3.81. The molecule has 0 aliphatic rings. The molecule has 8 heavy (non-hydrogen) atoms. The summed E-state index contributed by atoms with van der Waals surface area (Å²) in [4.78, 5) is 0. The number of hydrogen-bond donors (Lipinski definition) is 1. The molecule has 0 aromatic rings. The molecule has 0 amide bonds. The minimum Gasteiger partial charge on any atom is -0.380 e. The Labute approximate surface area is 51.0 Å². The second kappa shape index (κ2) is 5.06. The first kappa shape index (κ1) is 7.92. The van der Waals surface area contributed by atoms with Crippen molar-refractivity contribution in [3.05, 3.63) is 0 Å². The molecule has 2 N–H and O–H groups in total. The third-order valence-corrected chi connectivity index (χ3v) is 1.06. The van der Waals surface area contributed by atoms with Crippen molar-refractivity contribution >= 4 is 0 Å². The highest BCUT2D eigenvalue weighted by molar-refractivity contribution is 4.54. The summed E-state index contributed by atoms with van der Waals surface area (Å²) in [7, 11) is 0. The van der Waals surface area contributed by atoms with Gasteiger partial charge < -0.3 is 10.5 Å². The van der Waals surface area contributed by atoms with Crippen LogP contribution in [0.5, 0.6) is 0 Å². The quantitative estimate of drug-likeness (QED) is 0.590. The summed E-state index contributed by atoms with van der Waals surface area (Å²) in [5, 5.41) is 0. The average molecular weight is 117 g/mol. The Bertz CT molecular complexity index is 47.8. The maximum atomic E-state index is 5.53. The SMILES string of the molecule is CCOC[C@@H](N)CC. The largest absolute Gasteiger partial charge is 0.380 e. The molecule has 0 spiro atoms. The first-order valence-electron chi connectivity index (χ1n) is 3.14. The smallest absolute Gasteiger partial charge is 0.0617 e. The van der Waals surface area contributed by atoms with Crippen LogP contribution in [0.3, 0.4) is 0 Å². The lowest BCUT2D eigenvalue weighted by molar-refractivity contribution is 0.132. The zero-order chi connectivity index (χ0) is 6.41. The van der Waals surface area contributed by atoms with Crippen molar-refractivity contribution < 1.29 is 4.74 Å². The van der Waals surface area contributed by atoms with E-state index in [2.05, 4.69) is 6.92 Å². The fourth-order valence-corrected chi connectivity index (χ4v) is 0.387. The van der Waals surface area contributed by atoms with Gasteiger partial charge in [0.1, 0.15) is 0 Å². The summed E-state index contributed by atoms with van der Waals surface area (Å²) in [5.74, 6) is 0. The molecule has 2 nitrogen and oxygen atoms in total. The summed E-state index contributed by atoms with van der Waals surface area (Å²) < 4.78 is 5.06. The van der Waals surface area contributed by atoms with Crippen molar-refractivity contribution in [2.45, 2.75) is 26.3 Å².